The Balaban J connectivity index is 1.71. The molecule has 0 saturated carbocycles. The van der Waals surface area contributed by atoms with Crippen molar-refractivity contribution in [3.8, 4) is 0 Å². The number of allylic oxidation sites excluding steroid dienone is 2. The van der Waals surface area contributed by atoms with E-state index < -0.39 is 0 Å². The summed E-state index contributed by atoms with van der Waals surface area (Å²) in [6.45, 7) is 0.907. The van der Waals surface area contributed by atoms with Crippen LogP contribution in [0.15, 0.2) is 70.4 Å². The van der Waals surface area contributed by atoms with Gasteiger partial charge >= 0.3 is 0 Å². The number of rotatable bonds is 2. The Bertz CT molecular complexity index is 788. The number of hydrogen-bond donors (Lipinski definition) is 0. The van der Waals surface area contributed by atoms with E-state index in [-0.39, 0.29) is 0 Å². The molecule has 2 aliphatic heterocycles. The SMILES string of the molecule is C1=Nc2ccccc2C(C=C2CCCN=C2c2cccnc2)C1. The minimum absolute atomic E-state index is 0.388. The molecule has 0 bridgehead atoms. The summed E-state index contributed by atoms with van der Waals surface area (Å²) in [6.07, 6.45) is 11.3. The van der Waals surface area contributed by atoms with Gasteiger partial charge in [-0.05, 0) is 48.6 Å². The maximum atomic E-state index is 4.78. The van der Waals surface area contributed by atoms with E-state index in [1.54, 1.807) is 0 Å². The van der Waals surface area contributed by atoms with Crippen LogP contribution in [0.2, 0.25) is 0 Å². The Labute approximate surface area is 136 Å². The second kappa shape index (κ2) is 6.29. The minimum Gasteiger partial charge on any atom is -0.284 e. The fourth-order valence-electron chi connectivity index (χ4n) is 3.33. The second-order valence-electron chi connectivity index (χ2n) is 5.98. The van der Waals surface area contributed by atoms with E-state index in [0.717, 1.165) is 42.8 Å². The zero-order chi connectivity index (χ0) is 15.5. The van der Waals surface area contributed by atoms with Crippen LogP contribution < -0.4 is 0 Å². The zero-order valence-corrected chi connectivity index (χ0v) is 13.0. The van der Waals surface area contributed by atoms with Gasteiger partial charge in [-0.2, -0.15) is 0 Å². The highest BCUT2D eigenvalue weighted by molar-refractivity contribution is 6.12. The number of aromatic nitrogens is 1. The molecular formula is C20H19N3. The smallest absolute Gasteiger partial charge is 0.0691 e. The lowest BCUT2D eigenvalue weighted by atomic mass is 9.87. The fourth-order valence-corrected chi connectivity index (χ4v) is 3.33. The van der Waals surface area contributed by atoms with Crippen molar-refractivity contribution >= 4 is 17.6 Å². The number of pyridine rings is 1. The summed E-state index contributed by atoms with van der Waals surface area (Å²) in [6, 6.07) is 12.5. The van der Waals surface area contributed by atoms with Crippen molar-refractivity contribution < 1.29 is 0 Å². The van der Waals surface area contributed by atoms with Crippen LogP contribution in [-0.2, 0) is 0 Å². The molecule has 3 heteroatoms. The third-order valence-electron chi connectivity index (χ3n) is 4.44. The molecule has 0 amide bonds. The molecule has 0 N–H and O–H groups in total. The summed E-state index contributed by atoms with van der Waals surface area (Å²) in [5.41, 5.74) is 6.00. The number of benzene rings is 1. The van der Waals surface area contributed by atoms with E-state index in [2.05, 4.69) is 46.4 Å². The molecule has 1 atom stereocenters. The van der Waals surface area contributed by atoms with Crippen molar-refractivity contribution in [2.75, 3.05) is 6.54 Å². The van der Waals surface area contributed by atoms with Crippen molar-refractivity contribution in [2.45, 2.75) is 25.2 Å². The van der Waals surface area contributed by atoms with Gasteiger partial charge in [-0.15, -0.1) is 0 Å². The molecule has 2 aromatic rings. The highest BCUT2D eigenvalue weighted by Gasteiger charge is 2.20. The largest absolute Gasteiger partial charge is 0.284 e. The molecule has 3 nitrogen and oxygen atoms in total. The molecule has 1 unspecified atom stereocenters. The van der Waals surface area contributed by atoms with Crippen LogP contribution in [0.1, 0.15) is 36.3 Å². The average Bonchev–Trinajstić information content (AvgIpc) is 2.63. The Hall–Kier alpha value is -2.55. The number of hydrogen-bond acceptors (Lipinski definition) is 3. The first-order valence-electron chi connectivity index (χ1n) is 8.19. The molecule has 114 valence electrons. The minimum atomic E-state index is 0.388. The standard InChI is InChI=1S/C20H19N3/c1-2-8-19-18(7-1)15(9-12-22-19)13-16-5-4-11-23-20(16)17-6-3-10-21-14-17/h1-3,6-8,10,12-15H,4-5,9,11H2. The Morgan fingerprint density at radius 1 is 1.09 bits per heavy atom. The summed E-state index contributed by atoms with van der Waals surface area (Å²) in [5, 5.41) is 0. The van der Waals surface area contributed by atoms with Gasteiger partial charge in [0.2, 0.25) is 0 Å². The van der Waals surface area contributed by atoms with Crippen LogP contribution in [0, 0.1) is 0 Å². The predicted molar refractivity (Wildman–Crippen MR) is 94.9 cm³/mol. The van der Waals surface area contributed by atoms with E-state index in [4.69, 9.17) is 4.99 Å². The van der Waals surface area contributed by atoms with Gasteiger partial charge in [-0.1, -0.05) is 24.3 Å². The summed E-state index contributed by atoms with van der Waals surface area (Å²) >= 11 is 0. The first-order valence-corrected chi connectivity index (χ1v) is 8.19. The molecular weight excluding hydrogens is 282 g/mol. The highest BCUT2D eigenvalue weighted by atomic mass is 14.8. The number of para-hydroxylation sites is 1. The van der Waals surface area contributed by atoms with E-state index in [1.807, 2.05) is 24.7 Å². The summed E-state index contributed by atoms with van der Waals surface area (Å²) < 4.78 is 0. The molecule has 4 rings (SSSR count). The lowest BCUT2D eigenvalue weighted by molar-refractivity contribution is 0.796. The van der Waals surface area contributed by atoms with E-state index in [9.17, 15) is 0 Å². The predicted octanol–water partition coefficient (Wildman–Crippen LogP) is 4.48. The Morgan fingerprint density at radius 3 is 2.96 bits per heavy atom. The lowest BCUT2D eigenvalue weighted by Gasteiger charge is -2.22. The molecule has 1 aromatic carbocycles. The van der Waals surface area contributed by atoms with Crippen molar-refractivity contribution in [1.29, 1.82) is 0 Å². The molecule has 1 aromatic heterocycles. The van der Waals surface area contributed by atoms with Gasteiger partial charge in [0.05, 0.1) is 11.4 Å². The quantitative estimate of drug-likeness (QED) is 0.805. The van der Waals surface area contributed by atoms with Crippen LogP contribution >= 0.6 is 0 Å². The monoisotopic (exact) mass is 301 g/mol. The van der Waals surface area contributed by atoms with Crippen molar-refractivity contribution in [2.24, 2.45) is 9.98 Å². The van der Waals surface area contributed by atoms with Crippen molar-refractivity contribution in [1.82, 2.24) is 4.98 Å². The zero-order valence-electron chi connectivity index (χ0n) is 13.0. The van der Waals surface area contributed by atoms with E-state index in [1.165, 1.54) is 11.1 Å². The maximum absolute atomic E-state index is 4.78. The summed E-state index contributed by atoms with van der Waals surface area (Å²) in [4.78, 5) is 13.5. The van der Waals surface area contributed by atoms with Crippen LogP contribution in [0.3, 0.4) is 0 Å². The molecule has 23 heavy (non-hydrogen) atoms. The maximum Gasteiger partial charge on any atom is 0.0691 e. The van der Waals surface area contributed by atoms with E-state index >= 15 is 0 Å². The molecule has 0 radical (unpaired) electrons. The average molecular weight is 301 g/mol. The third kappa shape index (κ3) is 2.87. The van der Waals surface area contributed by atoms with Gasteiger partial charge < -0.3 is 0 Å². The lowest BCUT2D eigenvalue weighted by Crippen LogP contribution is -2.14. The summed E-state index contributed by atoms with van der Waals surface area (Å²) in [7, 11) is 0. The van der Waals surface area contributed by atoms with Crippen LogP contribution in [0.25, 0.3) is 0 Å². The Morgan fingerprint density at radius 2 is 2.04 bits per heavy atom. The molecule has 3 heterocycles. The third-order valence-corrected chi connectivity index (χ3v) is 4.44. The molecule has 2 aliphatic rings. The molecule has 0 saturated heterocycles. The van der Waals surface area contributed by atoms with Crippen LogP contribution in [0.4, 0.5) is 5.69 Å². The van der Waals surface area contributed by atoms with Crippen molar-refractivity contribution in [3.63, 3.8) is 0 Å². The van der Waals surface area contributed by atoms with Crippen LogP contribution in [-0.4, -0.2) is 23.5 Å². The molecule has 0 spiro atoms. The molecule has 0 fully saturated rings. The van der Waals surface area contributed by atoms with Crippen molar-refractivity contribution in [3.05, 3.63) is 71.6 Å². The number of fused-ring (bicyclic) bond motifs is 1. The first kappa shape index (κ1) is 14.1. The Kier molecular flexibility index (Phi) is 3.85. The van der Waals surface area contributed by atoms with Gasteiger partial charge in [0.15, 0.2) is 0 Å². The van der Waals surface area contributed by atoms with Gasteiger partial charge in [-0.25, -0.2) is 0 Å². The first-order chi connectivity index (χ1) is 11.4. The topological polar surface area (TPSA) is 37.6 Å². The van der Waals surface area contributed by atoms with Crippen LogP contribution in [0.5, 0.6) is 0 Å². The van der Waals surface area contributed by atoms with Gasteiger partial charge in [0.25, 0.3) is 0 Å². The second-order valence-corrected chi connectivity index (χ2v) is 5.98. The normalized spacial score (nSPS) is 21.8. The fraction of sp³-hybridized carbons (Fsp3) is 0.250. The number of nitrogens with zero attached hydrogens (tertiary/aromatic N) is 3. The number of aliphatic imine (C=N–C) groups is 2. The van der Waals surface area contributed by atoms with Gasteiger partial charge in [0, 0.05) is 36.6 Å². The van der Waals surface area contributed by atoms with E-state index in [0.29, 0.717) is 5.92 Å². The molecule has 0 aliphatic carbocycles. The van der Waals surface area contributed by atoms with Gasteiger partial charge in [-0.3, -0.25) is 15.0 Å². The summed E-state index contributed by atoms with van der Waals surface area (Å²) in [5.74, 6) is 0.388. The van der Waals surface area contributed by atoms with Gasteiger partial charge in [0.1, 0.15) is 0 Å². The highest BCUT2D eigenvalue weighted by Crippen LogP contribution is 2.35.